The van der Waals surface area contributed by atoms with Gasteiger partial charge >= 0.3 is 6.18 Å². The van der Waals surface area contributed by atoms with Gasteiger partial charge in [-0.3, -0.25) is 9.48 Å². The van der Waals surface area contributed by atoms with Crippen LogP contribution in [-0.2, 0) is 37.0 Å². The molecule has 1 aliphatic rings. The molecular formula is C25H28F6N6O. The van der Waals surface area contributed by atoms with Crippen molar-refractivity contribution in [1.82, 2.24) is 24.2 Å². The van der Waals surface area contributed by atoms with Gasteiger partial charge in [0.15, 0.2) is 11.6 Å². The predicted molar refractivity (Wildman–Crippen MR) is 126 cm³/mol. The summed E-state index contributed by atoms with van der Waals surface area (Å²) in [6, 6.07) is 0.189. The standard InChI is InChI=1S/C25H28F6N6O/c1-14(2)3-4-36-12-16(11-33-36)23-21-13-35(5-6-37(21)24(34-23)25(29,30)31)22(38)9-17(32)7-15-8-19(27)20(28)10-18(15)26/h8,10-12,14,17H,3-7,9,13,32H2,1-2H3/t17-/m1/s1. The average Bonchev–Trinajstić information content (AvgIpc) is 3.45. The summed E-state index contributed by atoms with van der Waals surface area (Å²) in [6.07, 6.45) is -1.24. The topological polar surface area (TPSA) is 82.0 Å². The number of carbonyl (C=O) groups is 1. The highest BCUT2D eigenvalue weighted by molar-refractivity contribution is 5.77. The van der Waals surface area contributed by atoms with Gasteiger partial charge in [0.2, 0.25) is 11.7 Å². The number of amides is 1. The van der Waals surface area contributed by atoms with E-state index in [1.54, 1.807) is 10.9 Å². The number of nitrogens with zero attached hydrogens (tertiary/aromatic N) is 5. The summed E-state index contributed by atoms with van der Waals surface area (Å²) in [5.74, 6) is -4.63. The SMILES string of the molecule is CC(C)CCn1cc(-c2nc(C(F)(F)F)n3c2CN(C(=O)C[C@H](N)Cc2cc(F)c(F)cc2F)CC3)cn1. The fourth-order valence-electron chi connectivity index (χ4n) is 4.46. The molecule has 0 spiro atoms. The lowest BCUT2D eigenvalue weighted by Crippen LogP contribution is -2.42. The molecule has 1 amide bonds. The van der Waals surface area contributed by atoms with Gasteiger partial charge in [-0.1, -0.05) is 13.8 Å². The van der Waals surface area contributed by atoms with Gasteiger partial charge in [-0.15, -0.1) is 0 Å². The number of fused-ring (bicyclic) bond motifs is 1. The molecule has 2 aromatic heterocycles. The van der Waals surface area contributed by atoms with E-state index in [-0.39, 0.29) is 49.4 Å². The summed E-state index contributed by atoms with van der Waals surface area (Å²) in [7, 11) is 0. The molecule has 4 rings (SSSR count). The van der Waals surface area contributed by atoms with Crippen molar-refractivity contribution in [2.45, 2.75) is 65.0 Å². The molecule has 2 N–H and O–H groups in total. The first-order chi connectivity index (χ1) is 17.8. The molecule has 1 aromatic carbocycles. The first-order valence-corrected chi connectivity index (χ1v) is 12.2. The Kier molecular flexibility index (Phi) is 7.86. The van der Waals surface area contributed by atoms with Crippen molar-refractivity contribution >= 4 is 5.91 Å². The molecule has 1 atom stereocenters. The van der Waals surface area contributed by atoms with Crippen LogP contribution in [0.5, 0.6) is 0 Å². The summed E-state index contributed by atoms with van der Waals surface area (Å²) in [5, 5.41) is 4.25. The van der Waals surface area contributed by atoms with Gasteiger partial charge in [0.1, 0.15) is 5.82 Å². The van der Waals surface area contributed by atoms with E-state index in [1.807, 2.05) is 0 Å². The van der Waals surface area contributed by atoms with E-state index in [0.29, 0.717) is 30.2 Å². The largest absolute Gasteiger partial charge is 0.449 e. The molecule has 1 aliphatic heterocycles. The molecule has 0 radical (unpaired) electrons. The molecule has 0 aliphatic carbocycles. The van der Waals surface area contributed by atoms with Crippen molar-refractivity contribution in [3.63, 3.8) is 0 Å². The molecule has 13 heteroatoms. The fourth-order valence-corrected chi connectivity index (χ4v) is 4.46. The summed E-state index contributed by atoms with van der Waals surface area (Å²) < 4.78 is 84.6. The summed E-state index contributed by atoms with van der Waals surface area (Å²) in [6.45, 7) is 4.43. The van der Waals surface area contributed by atoms with Gasteiger partial charge in [-0.25, -0.2) is 18.2 Å². The molecule has 0 bridgehead atoms. The quantitative estimate of drug-likeness (QED) is 0.335. The molecular weight excluding hydrogens is 514 g/mol. The zero-order chi connectivity index (χ0) is 27.8. The van der Waals surface area contributed by atoms with E-state index in [4.69, 9.17) is 5.73 Å². The van der Waals surface area contributed by atoms with Crippen LogP contribution < -0.4 is 5.73 Å². The smallest absolute Gasteiger partial charge is 0.335 e. The Balaban J connectivity index is 1.52. The number of imidazole rings is 1. The maximum Gasteiger partial charge on any atom is 0.449 e. The number of hydrogen-bond acceptors (Lipinski definition) is 4. The molecule has 7 nitrogen and oxygen atoms in total. The Morgan fingerprint density at radius 3 is 2.50 bits per heavy atom. The first-order valence-electron chi connectivity index (χ1n) is 12.2. The number of aromatic nitrogens is 4. The number of rotatable bonds is 8. The third kappa shape index (κ3) is 6.03. The zero-order valence-corrected chi connectivity index (χ0v) is 20.9. The molecule has 0 saturated carbocycles. The number of halogens is 6. The minimum atomic E-state index is -4.69. The normalized spacial score (nSPS) is 14.7. The Bertz CT molecular complexity index is 1310. The van der Waals surface area contributed by atoms with E-state index in [9.17, 15) is 31.1 Å². The maximum absolute atomic E-state index is 14.0. The number of benzene rings is 1. The minimum Gasteiger partial charge on any atom is -0.335 e. The molecule has 3 aromatic rings. The van der Waals surface area contributed by atoms with Gasteiger partial charge in [0.05, 0.1) is 24.1 Å². The number of hydrogen-bond donors (Lipinski definition) is 1. The van der Waals surface area contributed by atoms with E-state index < -0.39 is 41.4 Å². The van der Waals surface area contributed by atoms with Gasteiger partial charge in [0, 0.05) is 49.9 Å². The third-order valence-corrected chi connectivity index (χ3v) is 6.46. The van der Waals surface area contributed by atoms with Crippen LogP contribution in [0.4, 0.5) is 26.3 Å². The van der Waals surface area contributed by atoms with Crippen LogP contribution in [0.1, 0.15) is 43.8 Å². The predicted octanol–water partition coefficient (Wildman–Crippen LogP) is 4.53. The first kappa shape index (κ1) is 27.7. The third-order valence-electron chi connectivity index (χ3n) is 6.46. The average molecular weight is 543 g/mol. The van der Waals surface area contributed by atoms with Crippen LogP contribution in [0, 0.1) is 23.4 Å². The van der Waals surface area contributed by atoms with E-state index in [1.165, 1.54) is 11.1 Å². The highest BCUT2D eigenvalue weighted by Crippen LogP contribution is 2.36. The molecule has 206 valence electrons. The van der Waals surface area contributed by atoms with E-state index >= 15 is 0 Å². The number of nitrogens with two attached hydrogens (primary N) is 1. The van der Waals surface area contributed by atoms with Crippen LogP contribution in [-0.4, -0.2) is 42.7 Å². The second kappa shape index (κ2) is 10.8. The van der Waals surface area contributed by atoms with Crippen molar-refractivity contribution in [1.29, 1.82) is 0 Å². The Hall–Kier alpha value is -3.35. The lowest BCUT2D eigenvalue weighted by Gasteiger charge is -2.30. The molecule has 3 heterocycles. The zero-order valence-electron chi connectivity index (χ0n) is 20.9. The number of alkyl halides is 3. The van der Waals surface area contributed by atoms with E-state index in [2.05, 4.69) is 23.9 Å². The lowest BCUT2D eigenvalue weighted by molar-refractivity contribution is -0.148. The van der Waals surface area contributed by atoms with Crippen LogP contribution >= 0.6 is 0 Å². The monoisotopic (exact) mass is 542 g/mol. The van der Waals surface area contributed by atoms with Gasteiger partial charge in [0.25, 0.3) is 0 Å². The molecule has 0 unspecified atom stereocenters. The molecule has 0 fully saturated rings. The highest BCUT2D eigenvalue weighted by atomic mass is 19.4. The van der Waals surface area contributed by atoms with Crippen molar-refractivity contribution in [2.75, 3.05) is 6.54 Å². The Morgan fingerprint density at radius 2 is 1.82 bits per heavy atom. The summed E-state index contributed by atoms with van der Waals surface area (Å²) >= 11 is 0. The second-order valence-corrected chi connectivity index (χ2v) is 9.90. The van der Waals surface area contributed by atoms with Gasteiger partial charge < -0.3 is 15.2 Å². The maximum atomic E-state index is 14.0. The number of carbonyl (C=O) groups excluding carboxylic acids is 1. The van der Waals surface area contributed by atoms with Crippen molar-refractivity contribution in [3.05, 3.63) is 59.1 Å². The minimum absolute atomic E-state index is 0.00930. The van der Waals surface area contributed by atoms with Crippen molar-refractivity contribution in [2.24, 2.45) is 11.7 Å². The van der Waals surface area contributed by atoms with Gasteiger partial charge in [-0.05, 0) is 30.4 Å². The second-order valence-electron chi connectivity index (χ2n) is 9.90. The number of aryl methyl sites for hydroxylation is 1. The molecule has 38 heavy (non-hydrogen) atoms. The summed E-state index contributed by atoms with van der Waals surface area (Å²) in [4.78, 5) is 18.2. The van der Waals surface area contributed by atoms with Crippen LogP contribution in [0.3, 0.4) is 0 Å². The van der Waals surface area contributed by atoms with Crippen LogP contribution in [0.25, 0.3) is 11.3 Å². The fraction of sp³-hybridized carbons (Fsp3) is 0.480. The molecule has 0 saturated heterocycles. The summed E-state index contributed by atoms with van der Waals surface area (Å²) in [5.41, 5.74) is 6.55. The van der Waals surface area contributed by atoms with Crippen molar-refractivity contribution < 1.29 is 31.1 Å². The van der Waals surface area contributed by atoms with Crippen LogP contribution in [0.15, 0.2) is 24.5 Å². The Morgan fingerprint density at radius 1 is 1.11 bits per heavy atom. The van der Waals surface area contributed by atoms with E-state index in [0.717, 1.165) is 11.0 Å². The Labute approximate surface area is 215 Å². The lowest BCUT2D eigenvalue weighted by atomic mass is 10.0. The van der Waals surface area contributed by atoms with Crippen LogP contribution in [0.2, 0.25) is 0 Å². The van der Waals surface area contributed by atoms with Gasteiger partial charge in [-0.2, -0.15) is 18.3 Å². The van der Waals surface area contributed by atoms with Crippen molar-refractivity contribution in [3.8, 4) is 11.3 Å². The highest BCUT2D eigenvalue weighted by Gasteiger charge is 2.41.